The van der Waals surface area contributed by atoms with E-state index in [2.05, 4.69) is 15.6 Å². The van der Waals surface area contributed by atoms with Crippen molar-refractivity contribution in [2.75, 3.05) is 11.9 Å². The molecule has 3 aromatic rings. The number of amides is 1. The van der Waals surface area contributed by atoms with Crippen LogP contribution in [0, 0.1) is 0 Å². The van der Waals surface area contributed by atoms with Crippen LogP contribution in [0.15, 0.2) is 41.3 Å². The minimum atomic E-state index is -0.506. The van der Waals surface area contributed by atoms with Gasteiger partial charge in [0.05, 0.1) is 27.9 Å². The molecule has 1 atom stereocenters. The van der Waals surface area contributed by atoms with Crippen molar-refractivity contribution >= 4 is 62.3 Å². The molecule has 0 saturated carbocycles. The molecular weight excluding hydrogens is 437 g/mol. The van der Waals surface area contributed by atoms with E-state index in [0.29, 0.717) is 27.0 Å². The first kappa shape index (κ1) is 20.1. The van der Waals surface area contributed by atoms with Crippen molar-refractivity contribution in [2.45, 2.75) is 23.8 Å². The highest BCUT2D eigenvalue weighted by molar-refractivity contribution is 7.94. The van der Waals surface area contributed by atoms with Crippen molar-refractivity contribution in [2.24, 2.45) is 0 Å². The molecule has 0 aliphatic carbocycles. The number of rotatable bonds is 5. The molecule has 2 aromatic carbocycles. The lowest BCUT2D eigenvalue weighted by molar-refractivity contribution is -0.136. The molecular formula is C19H15ClFN3O3S2. The number of esters is 1. The van der Waals surface area contributed by atoms with E-state index in [1.54, 1.807) is 24.3 Å². The lowest BCUT2D eigenvalue weighted by Gasteiger charge is -2.13. The maximum Gasteiger partial charge on any atom is 0.328 e. The Balaban J connectivity index is 1.56. The Hall–Kier alpha value is -2.20. The van der Waals surface area contributed by atoms with Crippen LogP contribution >= 0.6 is 35.1 Å². The minimum absolute atomic E-state index is 0.128. The van der Waals surface area contributed by atoms with E-state index >= 15 is 0 Å². The number of fused-ring (bicyclic) bond motifs is 1. The predicted molar refractivity (Wildman–Crippen MR) is 113 cm³/mol. The number of carbonyl (C=O) groups is 2. The van der Waals surface area contributed by atoms with Crippen LogP contribution in [0.25, 0.3) is 10.2 Å². The van der Waals surface area contributed by atoms with Gasteiger partial charge in [-0.2, -0.15) is 3.89 Å². The summed E-state index contributed by atoms with van der Waals surface area (Å²) in [6.45, 7) is 0.758. The lowest BCUT2D eigenvalue weighted by atomic mass is 10.2. The number of aromatic nitrogens is 1. The molecule has 150 valence electrons. The molecule has 10 heteroatoms. The molecule has 1 unspecified atom stereocenters. The molecule has 0 spiro atoms. The Morgan fingerprint density at radius 1 is 1.31 bits per heavy atom. The van der Waals surface area contributed by atoms with Crippen molar-refractivity contribution in [1.82, 2.24) is 10.3 Å². The fourth-order valence-electron chi connectivity index (χ4n) is 3.00. The van der Waals surface area contributed by atoms with Crippen LogP contribution in [0.4, 0.5) is 9.02 Å². The maximum absolute atomic E-state index is 12.8. The first-order valence-electron chi connectivity index (χ1n) is 8.78. The van der Waals surface area contributed by atoms with Crippen molar-refractivity contribution in [1.29, 1.82) is 0 Å². The summed E-state index contributed by atoms with van der Waals surface area (Å²) < 4.78 is 19.0. The molecule has 6 nitrogen and oxygen atoms in total. The summed E-state index contributed by atoms with van der Waals surface area (Å²) in [6, 6.07) is 9.06. The summed E-state index contributed by atoms with van der Waals surface area (Å²) in [4.78, 5) is 29.9. The van der Waals surface area contributed by atoms with E-state index in [1.165, 1.54) is 23.5 Å². The van der Waals surface area contributed by atoms with Gasteiger partial charge in [0.15, 0.2) is 5.13 Å². The van der Waals surface area contributed by atoms with Gasteiger partial charge in [-0.05, 0) is 55.8 Å². The molecule has 4 rings (SSSR count). The van der Waals surface area contributed by atoms with E-state index in [-0.39, 0.29) is 29.5 Å². The molecule has 1 aromatic heterocycles. The first-order chi connectivity index (χ1) is 14.0. The van der Waals surface area contributed by atoms with Crippen LogP contribution in [0.2, 0.25) is 5.02 Å². The fraction of sp³-hybridized carbons (Fsp3) is 0.211. The molecule has 1 amide bonds. The smallest absolute Gasteiger partial charge is 0.328 e. The average Bonchev–Trinajstić information content (AvgIpc) is 3.38. The highest BCUT2D eigenvalue weighted by Crippen LogP contribution is 2.31. The second-order valence-electron chi connectivity index (χ2n) is 6.39. The van der Waals surface area contributed by atoms with Crippen molar-refractivity contribution in [3.8, 4) is 5.75 Å². The van der Waals surface area contributed by atoms with E-state index < -0.39 is 11.9 Å². The van der Waals surface area contributed by atoms with Crippen LogP contribution < -0.4 is 15.4 Å². The van der Waals surface area contributed by atoms with Gasteiger partial charge in [-0.25, -0.2) is 9.78 Å². The molecule has 1 aliphatic rings. The fourth-order valence-corrected chi connectivity index (χ4v) is 4.43. The number of halogens is 2. The molecule has 2 heterocycles. The molecule has 2 N–H and O–H groups in total. The van der Waals surface area contributed by atoms with Crippen LogP contribution in [0.5, 0.6) is 5.75 Å². The first-order valence-corrected chi connectivity index (χ1v) is 10.7. The van der Waals surface area contributed by atoms with E-state index in [1.807, 2.05) is 0 Å². The number of anilines is 1. The minimum Gasteiger partial charge on any atom is -0.425 e. The van der Waals surface area contributed by atoms with Crippen LogP contribution in [-0.4, -0.2) is 29.4 Å². The maximum atomic E-state index is 12.8. The zero-order chi connectivity index (χ0) is 20.4. The summed E-state index contributed by atoms with van der Waals surface area (Å²) in [6.07, 6.45) is 1.59. The number of hydrogen-bond donors (Lipinski definition) is 2. The zero-order valence-corrected chi connectivity index (χ0v) is 17.3. The third-order valence-corrected chi connectivity index (χ3v) is 6.01. The summed E-state index contributed by atoms with van der Waals surface area (Å²) in [7, 11) is 0. The summed E-state index contributed by atoms with van der Waals surface area (Å²) in [5.74, 6) is -0.813. The Labute approximate surface area is 179 Å². The summed E-state index contributed by atoms with van der Waals surface area (Å²) in [5, 5.41) is 6.44. The summed E-state index contributed by atoms with van der Waals surface area (Å²) >= 11 is 7.41. The topological polar surface area (TPSA) is 80.3 Å². The third-order valence-electron chi connectivity index (χ3n) is 4.41. The number of hydrogen-bond acceptors (Lipinski definition) is 7. The standard InChI is InChI=1S/C19H15ClFN3O3S2/c20-10-3-6-15(27-18(26)14-2-1-7-22-14)12(8-10)17(25)24-19-23-13-5-4-11(29-21)9-16(13)28-19/h3-6,8-9,14,22H,1-2,7H2,(H,23,24,25). The Kier molecular flexibility index (Phi) is 6.00. The Morgan fingerprint density at radius 3 is 2.93 bits per heavy atom. The number of benzene rings is 2. The molecule has 1 aliphatic heterocycles. The Bertz CT molecular complexity index is 1090. The second-order valence-corrected chi connectivity index (χ2v) is 8.48. The number of carbonyl (C=O) groups excluding carboxylic acids is 2. The quantitative estimate of drug-likeness (QED) is 0.427. The summed E-state index contributed by atoms with van der Waals surface area (Å²) in [5.41, 5.74) is 0.774. The van der Waals surface area contributed by atoms with Gasteiger partial charge < -0.3 is 10.1 Å². The van der Waals surface area contributed by atoms with Gasteiger partial charge in [-0.3, -0.25) is 10.1 Å². The van der Waals surface area contributed by atoms with Gasteiger partial charge in [0, 0.05) is 9.92 Å². The molecule has 1 fully saturated rings. The highest BCUT2D eigenvalue weighted by Gasteiger charge is 2.26. The molecule has 29 heavy (non-hydrogen) atoms. The van der Waals surface area contributed by atoms with Crippen LogP contribution in [-0.2, 0) is 4.79 Å². The predicted octanol–water partition coefficient (Wildman–Crippen LogP) is 4.84. The van der Waals surface area contributed by atoms with Gasteiger partial charge in [0.1, 0.15) is 11.8 Å². The second kappa shape index (κ2) is 8.66. The molecule has 1 saturated heterocycles. The van der Waals surface area contributed by atoms with Gasteiger partial charge in [0.25, 0.3) is 5.91 Å². The normalized spacial score (nSPS) is 16.1. The van der Waals surface area contributed by atoms with Crippen LogP contribution in [0.3, 0.4) is 0 Å². The monoisotopic (exact) mass is 451 g/mol. The van der Waals surface area contributed by atoms with E-state index in [9.17, 15) is 13.5 Å². The average molecular weight is 452 g/mol. The van der Waals surface area contributed by atoms with Crippen molar-refractivity contribution in [3.05, 3.63) is 47.0 Å². The number of nitrogens with zero attached hydrogens (tertiary/aromatic N) is 1. The van der Waals surface area contributed by atoms with E-state index in [4.69, 9.17) is 16.3 Å². The highest BCUT2D eigenvalue weighted by atomic mass is 35.5. The van der Waals surface area contributed by atoms with Gasteiger partial charge in [-0.15, -0.1) is 0 Å². The van der Waals surface area contributed by atoms with Crippen molar-refractivity contribution in [3.63, 3.8) is 0 Å². The SMILES string of the molecule is O=C(Nc1nc2ccc(SF)cc2s1)c1cc(Cl)ccc1OC(=O)C1CCCN1. The number of thiazole rings is 1. The lowest BCUT2D eigenvalue weighted by Crippen LogP contribution is -2.34. The van der Waals surface area contributed by atoms with Crippen molar-refractivity contribution < 1.29 is 18.2 Å². The molecule has 0 radical (unpaired) electrons. The zero-order valence-electron chi connectivity index (χ0n) is 14.9. The number of ether oxygens (including phenoxy) is 1. The third kappa shape index (κ3) is 4.53. The largest absolute Gasteiger partial charge is 0.425 e. The Morgan fingerprint density at radius 2 is 2.17 bits per heavy atom. The van der Waals surface area contributed by atoms with Crippen LogP contribution in [0.1, 0.15) is 23.2 Å². The number of nitrogens with one attached hydrogen (secondary N) is 2. The molecule has 0 bridgehead atoms. The van der Waals surface area contributed by atoms with Gasteiger partial charge in [-0.1, -0.05) is 22.9 Å². The van der Waals surface area contributed by atoms with E-state index in [0.717, 1.165) is 17.7 Å². The van der Waals surface area contributed by atoms with Gasteiger partial charge in [0.2, 0.25) is 0 Å². The van der Waals surface area contributed by atoms with Gasteiger partial charge >= 0.3 is 5.97 Å².